The normalized spacial score (nSPS) is 13.1. The monoisotopic (exact) mass is 221 g/mol. The van der Waals surface area contributed by atoms with Crippen LogP contribution in [-0.4, -0.2) is 26.1 Å². The van der Waals surface area contributed by atoms with Gasteiger partial charge in [0.25, 0.3) is 0 Å². The quantitative estimate of drug-likeness (QED) is 0.679. The van der Waals surface area contributed by atoms with Crippen LogP contribution in [-0.2, 0) is 0 Å². The molecule has 0 aliphatic carbocycles. The Morgan fingerprint density at radius 1 is 1.44 bits per heavy atom. The topological polar surface area (TPSA) is 108 Å². The first-order chi connectivity index (χ1) is 7.63. The maximum absolute atomic E-state index is 5.72. The Hall–Kier alpha value is -1.89. The van der Waals surface area contributed by atoms with Crippen molar-refractivity contribution in [3.8, 4) is 0 Å². The molecule has 2 aromatic heterocycles. The highest BCUT2D eigenvalue weighted by atomic mass is 15.2. The number of hydrogen-bond acceptors (Lipinski definition) is 6. The van der Waals surface area contributed by atoms with E-state index in [1.54, 1.807) is 6.33 Å². The van der Waals surface area contributed by atoms with E-state index in [-0.39, 0.29) is 12.1 Å². The molecular weight excluding hydrogens is 206 g/mol. The number of hydrogen-bond donors (Lipinski definition) is 3. The highest BCUT2D eigenvalue weighted by molar-refractivity contribution is 5.82. The van der Waals surface area contributed by atoms with Crippen molar-refractivity contribution in [3.63, 3.8) is 0 Å². The summed E-state index contributed by atoms with van der Waals surface area (Å²) >= 11 is 0. The van der Waals surface area contributed by atoms with Crippen molar-refractivity contribution in [1.82, 2.24) is 24.8 Å². The maximum atomic E-state index is 5.72. The summed E-state index contributed by atoms with van der Waals surface area (Å²) in [5.41, 5.74) is 12.5. The molecule has 0 saturated carbocycles. The van der Waals surface area contributed by atoms with Gasteiger partial charge in [-0.15, -0.1) is 0 Å². The molecule has 0 amide bonds. The molecule has 0 saturated heterocycles. The van der Waals surface area contributed by atoms with Crippen LogP contribution in [0.5, 0.6) is 0 Å². The molecule has 5 N–H and O–H groups in total. The van der Waals surface area contributed by atoms with E-state index in [2.05, 4.69) is 20.3 Å². The fourth-order valence-corrected chi connectivity index (χ4v) is 1.63. The van der Waals surface area contributed by atoms with Gasteiger partial charge < -0.3 is 11.5 Å². The SMILES string of the molecule is CCNC(C)n1cnc2c(N)nc(N)nc21. The molecule has 2 aromatic rings. The Bertz CT molecular complexity index is 504. The lowest BCUT2D eigenvalue weighted by Crippen LogP contribution is -2.23. The molecule has 2 rings (SSSR count). The summed E-state index contributed by atoms with van der Waals surface area (Å²) in [4.78, 5) is 12.2. The molecule has 1 atom stereocenters. The average molecular weight is 221 g/mol. The van der Waals surface area contributed by atoms with E-state index >= 15 is 0 Å². The van der Waals surface area contributed by atoms with E-state index in [4.69, 9.17) is 11.5 Å². The van der Waals surface area contributed by atoms with Crippen molar-refractivity contribution in [2.75, 3.05) is 18.0 Å². The van der Waals surface area contributed by atoms with Gasteiger partial charge >= 0.3 is 0 Å². The molecule has 7 heteroatoms. The summed E-state index contributed by atoms with van der Waals surface area (Å²) < 4.78 is 1.88. The van der Waals surface area contributed by atoms with Crippen LogP contribution in [0.4, 0.5) is 11.8 Å². The van der Waals surface area contributed by atoms with E-state index in [9.17, 15) is 0 Å². The summed E-state index contributed by atoms with van der Waals surface area (Å²) in [6.45, 7) is 4.91. The Morgan fingerprint density at radius 2 is 2.19 bits per heavy atom. The lowest BCUT2D eigenvalue weighted by atomic mass is 10.4. The van der Waals surface area contributed by atoms with E-state index < -0.39 is 0 Å². The summed E-state index contributed by atoms with van der Waals surface area (Å²) in [6.07, 6.45) is 1.77. The van der Waals surface area contributed by atoms with Gasteiger partial charge in [-0.1, -0.05) is 6.92 Å². The third kappa shape index (κ3) is 1.65. The minimum absolute atomic E-state index is 0.0868. The summed E-state index contributed by atoms with van der Waals surface area (Å²) in [5, 5.41) is 3.26. The van der Waals surface area contributed by atoms with Gasteiger partial charge in [-0.3, -0.25) is 9.88 Å². The van der Waals surface area contributed by atoms with E-state index in [1.807, 2.05) is 18.4 Å². The minimum Gasteiger partial charge on any atom is -0.382 e. The molecule has 7 nitrogen and oxygen atoms in total. The molecule has 2 heterocycles. The molecule has 16 heavy (non-hydrogen) atoms. The number of fused-ring (bicyclic) bond motifs is 1. The molecule has 0 aliphatic rings. The lowest BCUT2D eigenvalue weighted by molar-refractivity contribution is 0.457. The van der Waals surface area contributed by atoms with Crippen molar-refractivity contribution in [2.24, 2.45) is 0 Å². The van der Waals surface area contributed by atoms with Crippen molar-refractivity contribution in [1.29, 1.82) is 0 Å². The first-order valence-electron chi connectivity index (χ1n) is 5.12. The fourth-order valence-electron chi connectivity index (χ4n) is 1.63. The van der Waals surface area contributed by atoms with Gasteiger partial charge in [-0.05, 0) is 13.5 Å². The number of imidazole rings is 1. The zero-order valence-corrected chi connectivity index (χ0v) is 9.31. The van der Waals surface area contributed by atoms with Crippen LogP contribution in [0.1, 0.15) is 20.0 Å². The van der Waals surface area contributed by atoms with Gasteiger partial charge in [0.1, 0.15) is 5.52 Å². The number of nitrogens with two attached hydrogens (primary N) is 2. The molecule has 0 aromatic carbocycles. The molecule has 86 valence electrons. The van der Waals surface area contributed by atoms with Crippen molar-refractivity contribution in [3.05, 3.63) is 6.33 Å². The van der Waals surface area contributed by atoms with Gasteiger partial charge in [-0.2, -0.15) is 9.97 Å². The minimum atomic E-state index is 0.0868. The van der Waals surface area contributed by atoms with Crippen LogP contribution in [0.25, 0.3) is 11.2 Å². The predicted octanol–water partition coefficient (Wildman–Crippen LogP) is 0.119. The Balaban J connectivity index is 2.55. The summed E-state index contributed by atoms with van der Waals surface area (Å²) in [7, 11) is 0. The number of aromatic nitrogens is 4. The van der Waals surface area contributed by atoms with Crippen molar-refractivity contribution < 1.29 is 0 Å². The summed E-state index contributed by atoms with van der Waals surface area (Å²) in [5.74, 6) is 0.473. The van der Waals surface area contributed by atoms with Crippen LogP contribution in [0, 0.1) is 0 Å². The van der Waals surface area contributed by atoms with Gasteiger partial charge in [-0.25, -0.2) is 4.98 Å². The molecule has 1 unspecified atom stereocenters. The molecular formula is C9H15N7. The number of nitrogens with zero attached hydrogens (tertiary/aromatic N) is 4. The highest BCUT2D eigenvalue weighted by Gasteiger charge is 2.13. The number of rotatable bonds is 3. The second-order valence-corrected chi connectivity index (χ2v) is 3.52. The van der Waals surface area contributed by atoms with E-state index in [0.29, 0.717) is 17.0 Å². The number of anilines is 2. The Labute approximate surface area is 92.9 Å². The molecule has 0 spiro atoms. The summed E-state index contributed by atoms with van der Waals surface area (Å²) in [6, 6.07) is 0. The second-order valence-electron chi connectivity index (χ2n) is 3.52. The fraction of sp³-hybridized carbons (Fsp3) is 0.444. The zero-order valence-electron chi connectivity index (χ0n) is 9.31. The Kier molecular flexibility index (Phi) is 2.61. The predicted molar refractivity (Wildman–Crippen MR) is 62.5 cm³/mol. The number of nitrogens with one attached hydrogen (secondary N) is 1. The molecule has 0 radical (unpaired) electrons. The lowest BCUT2D eigenvalue weighted by Gasteiger charge is -2.14. The van der Waals surface area contributed by atoms with Gasteiger partial charge in [0.2, 0.25) is 5.95 Å². The van der Waals surface area contributed by atoms with Crippen LogP contribution < -0.4 is 16.8 Å². The second kappa shape index (κ2) is 3.93. The standard InChI is InChI=1S/C9H15N7/c1-3-12-5(2)16-4-13-6-7(10)14-9(11)15-8(6)16/h4-5,12H,3H2,1-2H3,(H4,10,11,14,15). The van der Waals surface area contributed by atoms with Crippen LogP contribution in [0.2, 0.25) is 0 Å². The third-order valence-corrected chi connectivity index (χ3v) is 2.38. The molecule has 0 bridgehead atoms. The highest BCUT2D eigenvalue weighted by Crippen LogP contribution is 2.19. The van der Waals surface area contributed by atoms with Gasteiger partial charge in [0.15, 0.2) is 11.5 Å². The Morgan fingerprint density at radius 3 is 2.88 bits per heavy atom. The van der Waals surface area contributed by atoms with E-state index in [0.717, 1.165) is 6.54 Å². The van der Waals surface area contributed by atoms with Crippen molar-refractivity contribution in [2.45, 2.75) is 20.0 Å². The maximum Gasteiger partial charge on any atom is 0.224 e. The molecule has 0 fully saturated rings. The average Bonchev–Trinajstić information content (AvgIpc) is 2.61. The number of nitrogen functional groups attached to an aromatic ring is 2. The van der Waals surface area contributed by atoms with Crippen LogP contribution in [0.3, 0.4) is 0 Å². The van der Waals surface area contributed by atoms with Gasteiger partial charge in [0.05, 0.1) is 12.5 Å². The van der Waals surface area contributed by atoms with Gasteiger partial charge in [0, 0.05) is 0 Å². The largest absolute Gasteiger partial charge is 0.382 e. The van der Waals surface area contributed by atoms with Crippen molar-refractivity contribution >= 4 is 22.9 Å². The zero-order chi connectivity index (χ0) is 11.7. The first kappa shape index (κ1) is 10.6. The smallest absolute Gasteiger partial charge is 0.224 e. The third-order valence-electron chi connectivity index (χ3n) is 2.38. The first-order valence-corrected chi connectivity index (χ1v) is 5.12. The van der Waals surface area contributed by atoms with E-state index in [1.165, 1.54) is 0 Å². The van der Waals surface area contributed by atoms with Crippen LogP contribution >= 0.6 is 0 Å². The van der Waals surface area contributed by atoms with Crippen LogP contribution in [0.15, 0.2) is 6.33 Å². The molecule has 0 aliphatic heterocycles.